The Labute approximate surface area is 143 Å². The van der Waals surface area contributed by atoms with E-state index in [1.54, 1.807) is 37.7 Å². The predicted octanol–water partition coefficient (Wildman–Crippen LogP) is 3.93. The van der Waals surface area contributed by atoms with Crippen LogP contribution in [-0.2, 0) is 0 Å². The first-order valence-corrected chi connectivity index (χ1v) is 7.90. The van der Waals surface area contributed by atoms with E-state index in [2.05, 4.69) is 39.0 Å². The number of benzene rings is 1. The molecular formula is C19H23FN4. The average molecular weight is 326 g/mol. The van der Waals surface area contributed by atoms with E-state index in [0.29, 0.717) is 11.6 Å². The summed E-state index contributed by atoms with van der Waals surface area (Å²) in [5.41, 5.74) is 1.40. The molecule has 0 fully saturated rings. The molecule has 0 unspecified atom stereocenters. The van der Waals surface area contributed by atoms with Gasteiger partial charge in [0.15, 0.2) is 0 Å². The van der Waals surface area contributed by atoms with Crippen molar-refractivity contribution < 1.29 is 4.39 Å². The minimum Gasteiger partial charge on any atom is -0.354 e. The van der Waals surface area contributed by atoms with Crippen molar-refractivity contribution >= 4 is 12.2 Å². The maximum atomic E-state index is 12.8. The van der Waals surface area contributed by atoms with Crippen LogP contribution in [-0.4, -0.2) is 29.8 Å². The lowest BCUT2D eigenvalue weighted by Crippen LogP contribution is -2.05. The van der Waals surface area contributed by atoms with Crippen LogP contribution in [0.3, 0.4) is 0 Å². The standard InChI is InChI=1S/C16H16FN3.C3H7N/c1-2-3-11-18-16-19-12-10-15(20-16)9-6-13-4-7-14(17)8-5-13;1-3-4-2/h4-5,7-8,10,12H,2-3,11H2,1H3,(H,18,19,20);3H,1-2H3. The van der Waals surface area contributed by atoms with Gasteiger partial charge in [0.2, 0.25) is 5.95 Å². The van der Waals surface area contributed by atoms with Crippen LogP contribution in [0.5, 0.6) is 0 Å². The molecule has 1 aromatic carbocycles. The molecular weight excluding hydrogens is 303 g/mol. The Hall–Kier alpha value is -2.74. The molecule has 4 nitrogen and oxygen atoms in total. The van der Waals surface area contributed by atoms with E-state index < -0.39 is 0 Å². The second-order valence-corrected chi connectivity index (χ2v) is 4.82. The van der Waals surface area contributed by atoms with Gasteiger partial charge in [-0.05, 0) is 55.8 Å². The van der Waals surface area contributed by atoms with Crippen molar-refractivity contribution in [1.82, 2.24) is 9.97 Å². The Morgan fingerprint density at radius 2 is 1.92 bits per heavy atom. The molecule has 0 bridgehead atoms. The van der Waals surface area contributed by atoms with Crippen LogP contribution in [0, 0.1) is 17.7 Å². The molecule has 5 heteroatoms. The van der Waals surface area contributed by atoms with Crippen molar-refractivity contribution in [2.45, 2.75) is 26.7 Å². The molecule has 0 aliphatic heterocycles. The number of hydrogen-bond donors (Lipinski definition) is 1. The number of rotatable bonds is 4. The number of hydrogen-bond acceptors (Lipinski definition) is 4. The second-order valence-electron chi connectivity index (χ2n) is 4.82. The fraction of sp³-hybridized carbons (Fsp3) is 0.316. The van der Waals surface area contributed by atoms with Gasteiger partial charge in [0, 0.05) is 25.4 Å². The number of aliphatic imine (C=N–C) groups is 1. The number of unbranched alkanes of at least 4 members (excludes halogenated alkanes) is 1. The highest BCUT2D eigenvalue weighted by Gasteiger charge is 1.96. The highest BCUT2D eigenvalue weighted by atomic mass is 19.1. The van der Waals surface area contributed by atoms with Gasteiger partial charge in [-0.25, -0.2) is 14.4 Å². The first-order valence-electron chi connectivity index (χ1n) is 7.90. The normalized spacial score (nSPS) is 9.67. The van der Waals surface area contributed by atoms with E-state index in [1.807, 2.05) is 6.92 Å². The molecule has 0 aliphatic rings. The first-order chi connectivity index (χ1) is 11.7. The van der Waals surface area contributed by atoms with Crippen LogP contribution in [0.4, 0.5) is 10.3 Å². The van der Waals surface area contributed by atoms with Crippen molar-refractivity contribution in [1.29, 1.82) is 0 Å². The zero-order valence-corrected chi connectivity index (χ0v) is 14.4. The Bertz CT molecular complexity index is 681. The molecule has 0 spiro atoms. The van der Waals surface area contributed by atoms with Crippen LogP contribution in [0.2, 0.25) is 0 Å². The minimum absolute atomic E-state index is 0.264. The van der Waals surface area contributed by atoms with E-state index in [4.69, 9.17) is 0 Å². The number of halogens is 1. The lowest BCUT2D eigenvalue weighted by molar-refractivity contribution is 0.627. The zero-order chi connectivity index (χ0) is 17.6. The highest BCUT2D eigenvalue weighted by molar-refractivity contribution is 5.52. The van der Waals surface area contributed by atoms with Gasteiger partial charge in [0.1, 0.15) is 11.5 Å². The molecule has 2 aromatic rings. The molecule has 126 valence electrons. The van der Waals surface area contributed by atoms with Gasteiger partial charge < -0.3 is 10.3 Å². The molecule has 1 heterocycles. The maximum Gasteiger partial charge on any atom is 0.223 e. The number of nitrogens with one attached hydrogen (secondary N) is 1. The third kappa shape index (κ3) is 8.04. The van der Waals surface area contributed by atoms with Gasteiger partial charge >= 0.3 is 0 Å². The smallest absolute Gasteiger partial charge is 0.223 e. The van der Waals surface area contributed by atoms with Crippen molar-refractivity contribution in [2.24, 2.45) is 4.99 Å². The fourth-order valence-corrected chi connectivity index (χ4v) is 1.56. The summed E-state index contributed by atoms with van der Waals surface area (Å²) in [6, 6.07) is 7.82. The monoisotopic (exact) mass is 326 g/mol. The minimum atomic E-state index is -0.264. The third-order valence-electron chi connectivity index (χ3n) is 2.91. The van der Waals surface area contributed by atoms with E-state index in [9.17, 15) is 4.39 Å². The average Bonchev–Trinajstić information content (AvgIpc) is 2.62. The summed E-state index contributed by atoms with van der Waals surface area (Å²) >= 11 is 0. The molecule has 0 saturated carbocycles. The quantitative estimate of drug-likeness (QED) is 0.526. The molecule has 0 aliphatic carbocycles. The molecule has 2 rings (SSSR count). The highest BCUT2D eigenvalue weighted by Crippen LogP contribution is 2.03. The molecule has 0 saturated heterocycles. The first kappa shape index (κ1) is 19.3. The van der Waals surface area contributed by atoms with E-state index >= 15 is 0 Å². The predicted molar refractivity (Wildman–Crippen MR) is 97.9 cm³/mol. The fourth-order valence-electron chi connectivity index (χ4n) is 1.56. The zero-order valence-electron chi connectivity index (χ0n) is 14.4. The van der Waals surface area contributed by atoms with Crippen LogP contribution >= 0.6 is 0 Å². The summed E-state index contributed by atoms with van der Waals surface area (Å²) in [6.45, 7) is 4.87. The van der Waals surface area contributed by atoms with Gasteiger partial charge in [0.05, 0.1) is 0 Å². The topological polar surface area (TPSA) is 50.2 Å². The molecule has 0 amide bonds. The summed E-state index contributed by atoms with van der Waals surface area (Å²) in [7, 11) is 1.75. The van der Waals surface area contributed by atoms with Gasteiger partial charge in [-0.15, -0.1) is 0 Å². The van der Waals surface area contributed by atoms with Gasteiger partial charge in [-0.1, -0.05) is 19.3 Å². The number of nitrogens with zero attached hydrogens (tertiary/aromatic N) is 3. The molecule has 1 aromatic heterocycles. The Balaban J connectivity index is 0.000000648. The van der Waals surface area contributed by atoms with E-state index in [1.165, 1.54) is 12.1 Å². The molecule has 1 N–H and O–H groups in total. The Kier molecular flexibility index (Phi) is 9.48. The summed E-state index contributed by atoms with van der Waals surface area (Å²) < 4.78 is 12.8. The van der Waals surface area contributed by atoms with Crippen LogP contribution in [0.15, 0.2) is 41.5 Å². The summed E-state index contributed by atoms with van der Waals surface area (Å²) in [5.74, 6) is 6.22. The number of aromatic nitrogens is 2. The van der Waals surface area contributed by atoms with Gasteiger partial charge in [0.25, 0.3) is 0 Å². The van der Waals surface area contributed by atoms with Crippen LogP contribution < -0.4 is 5.32 Å². The van der Waals surface area contributed by atoms with E-state index in [0.717, 1.165) is 24.9 Å². The van der Waals surface area contributed by atoms with Crippen molar-refractivity contribution in [3.8, 4) is 11.8 Å². The lowest BCUT2D eigenvalue weighted by Gasteiger charge is -2.02. The van der Waals surface area contributed by atoms with Crippen LogP contribution in [0.1, 0.15) is 37.9 Å². The molecule has 0 radical (unpaired) electrons. The Morgan fingerprint density at radius 1 is 1.21 bits per heavy atom. The van der Waals surface area contributed by atoms with Gasteiger partial charge in [-0.3, -0.25) is 0 Å². The van der Waals surface area contributed by atoms with Crippen molar-refractivity contribution in [3.63, 3.8) is 0 Å². The second kappa shape index (κ2) is 11.8. The summed E-state index contributed by atoms with van der Waals surface area (Å²) in [5, 5.41) is 3.15. The van der Waals surface area contributed by atoms with Crippen molar-refractivity contribution in [2.75, 3.05) is 18.9 Å². The van der Waals surface area contributed by atoms with Crippen LogP contribution in [0.25, 0.3) is 0 Å². The summed E-state index contributed by atoms with van der Waals surface area (Å²) in [4.78, 5) is 12.1. The SMILES string of the molecule is CC=NC.CCCCNc1nccc(C#Cc2ccc(F)cc2)n1. The maximum absolute atomic E-state index is 12.8. The lowest BCUT2D eigenvalue weighted by atomic mass is 10.2. The van der Waals surface area contributed by atoms with Crippen molar-refractivity contribution in [3.05, 3.63) is 53.6 Å². The Morgan fingerprint density at radius 3 is 2.54 bits per heavy atom. The third-order valence-corrected chi connectivity index (χ3v) is 2.91. The summed E-state index contributed by atoms with van der Waals surface area (Å²) in [6.07, 6.45) is 5.63. The largest absolute Gasteiger partial charge is 0.354 e. The number of anilines is 1. The molecule has 0 atom stereocenters. The van der Waals surface area contributed by atoms with Gasteiger partial charge in [-0.2, -0.15) is 0 Å². The van der Waals surface area contributed by atoms with E-state index in [-0.39, 0.29) is 5.82 Å². The molecule has 24 heavy (non-hydrogen) atoms.